The highest BCUT2D eigenvalue weighted by Gasteiger charge is 1.98. The number of hydrogen-bond donors (Lipinski definition) is 2. The van der Waals surface area contributed by atoms with Gasteiger partial charge in [0.15, 0.2) is 0 Å². The summed E-state index contributed by atoms with van der Waals surface area (Å²) in [5, 5.41) is 0. The largest absolute Gasteiger partial charge is 0.326 e. The first-order valence-corrected chi connectivity index (χ1v) is 6.76. The van der Waals surface area contributed by atoms with E-state index in [1.54, 1.807) is 0 Å². The first-order chi connectivity index (χ1) is 6.54. The lowest BCUT2D eigenvalue weighted by atomic mass is 9.98. The lowest BCUT2D eigenvalue weighted by Gasteiger charge is -2.08. The van der Waals surface area contributed by atoms with Gasteiger partial charge in [0, 0.05) is 0 Å². The van der Waals surface area contributed by atoms with Crippen LogP contribution in [-0.4, -0.2) is 9.79 Å². The number of hydrogen-bond acceptors (Lipinski definition) is 1. The van der Waals surface area contributed by atoms with Crippen molar-refractivity contribution in [2.24, 2.45) is 5.92 Å². The molecule has 3 nitrogen and oxygen atoms in total. The Balaban J connectivity index is 0. The van der Waals surface area contributed by atoms with Gasteiger partial charge in [0.25, 0.3) is 0 Å². The van der Waals surface area contributed by atoms with E-state index in [9.17, 15) is 0 Å². The highest BCUT2D eigenvalue weighted by Crippen LogP contribution is 2.14. The summed E-state index contributed by atoms with van der Waals surface area (Å²) in [7, 11) is -3.13. The van der Waals surface area contributed by atoms with Crippen molar-refractivity contribution in [1.29, 1.82) is 0 Å². The maximum Gasteiger partial charge on any atom is 0.314 e. The highest BCUT2D eigenvalue weighted by atomic mass is 31.1. The summed E-state index contributed by atoms with van der Waals surface area (Å²) >= 11 is 0. The average Bonchev–Trinajstić information content (AvgIpc) is 2.10. The number of unbranched alkanes of at least 4 members (excludes halogenated alkanes) is 2. The van der Waals surface area contributed by atoms with Gasteiger partial charge in [-0.2, -0.15) is 0 Å². The molecule has 2 N–H and O–H groups in total. The number of rotatable bonds is 6. The molecule has 0 saturated carbocycles. The van der Waals surface area contributed by atoms with Crippen LogP contribution in [0.2, 0.25) is 0 Å². The average molecular weight is 224 g/mol. The van der Waals surface area contributed by atoms with Crippen LogP contribution in [0.15, 0.2) is 0 Å². The van der Waals surface area contributed by atoms with Crippen LogP contribution in [0.5, 0.6) is 0 Å². The molecule has 88 valence electrons. The molecule has 0 aliphatic carbocycles. The molecular weight excluding hydrogens is 199 g/mol. The van der Waals surface area contributed by atoms with E-state index >= 15 is 0 Å². The molecule has 14 heavy (non-hydrogen) atoms. The quantitative estimate of drug-likeness (QED) is 0.680. The van der Waals surface area contributed by atoms with Crippen molar-refractivity contribution in [1.82, 2.24) is 0 Å². The van der Waals surface area contributed by atoms with Crippen LogP contribution in [0, 0.1) is 5.92 Å². The van der Waals surface area contributed by atoms with Crippen LogP contribution in [-0.2, 0) is 4.57 Å². The fourth-order valence-electron chi connectivity index (χ4n) is 1.25. The Morgan fingerprint density at radius 3 is 1.57 bits per heavy atom. The molecule has 0 unspecified atom stereocenters. The summed E-state index contributed by atoms with van der Waals surface area (Å²) in [6.07, 6.45) is 8.44. The lowest BCUT2D eigenvalue weighted by molar-refractivity contribution is 0.405. The summed E-state index contributed by atoms with van der Waals surface area (Å²) < 4.78 is 8.74. The fraction of sp³-hybridized carbons (Fsp3) is 1.00. The van der Waals surface area contributed by atoms with Crippen LogP contribution in [0.25, 0.3) is 0 Å². The standard InChI is InChI=1S/C10H22.H3O3P/c1-4-6-8-10(3)9-7-5-2;1-4(2)3/h10H,4-9H2,1-3H3;4H,(H2,1,2,3). The highest BCUT2D eigenvalue weighted by molar-refractivity contribution is 7.30. The fourth-order valence-corrected chi connectivity index (χ4v) is 1.25. The van der Waals surface area contributed by atoms with Gasteiger partial charge in [-0.3, -0.25) is 4.57 Å². The Kier molecular flexibility index (Phi) is 15.6. The van der Waals surface area contributed by atoms with Crippen LogP contribution < -0.4 is 0 Å². The van der Waals surface area contributed by atoms with Crippen molar-refractivity contribution in [3.05, 3.63) is 0 Å². The van der Waals surface area contributed by atoms with Crippen LogP contribution >= 0.6 is 8.25 Å². The van der Waals surface area contributed by atoms with E-state index in [-0.39, 0.29) is 0 Å². The Morgan fingerprint density at radius 1 is 1.07 bits per heavy atom. The van der Waals surface area contributed by atoms with E-state index < -0.39 is 8.25 Å². The van der Waals surface area contributed by atoms with Gasteiger partial charge < -0.3 is 9.79 Å². The van der Waals surface area contributed by atoms with Crippen molar-refractivity contribution in [3.8, 4) is 0 Å². The third kappa shape index (κ3) is 22.7. The van der Waals surface area contributed by atoms with Crippen LogP contribution in [0.3, 0.4) is 0 Å². The predicted octanol–water partition coefficient (Wildman–Crippen LogP) is 3.36. The summed E-state index contributed by atoms with van der Waals surface area (Å²) in [6.45, 7) is 6.92. The van der Waals surface area contributed by atoms with Gasteiger partial charge in [-0.15, -0.1) is 0 Å². The summed E-state index contributed by atoms with van der Waals surface area (Å²) in [5.74, 6) is 0.972. The molecule has 0 aromatic carbocycles. The van der Waals surface area contributed by atoms with E-state index in [2.05, 4.69) is 20.8 Å². The summed E-state index contributed by atoms with van der Waals surface area (Å²) in [6, 6.07) is 0. The smallest absolute Gasteiger partial charge is 0.314 e. The molecule has 0 aromatic heterocycles. The second kappa shape index (κ2) is 13.2. The van der Waals surface area contributed by atoms with Crippen LogP contribution in [0.1, 0.15) is 59.3 Å². The maximum atomic E-state index is 8.74. The molecule has 0 fully saturated rings. The molecule has 0 aromatic rings. The first kappa shape index (κ1) is 16.6. The molecule has 0 spiro atoms. The van der Waals surface area contributed by atoms with E-state index in [4.69, 9.17) is 14.4 Å². The Bertz CT molecular complexity index is 117. The second-order valence-electron chi connectivity index (χ2n) is 3.67. The van der Waals surface area contributed by atoms with Crippen LogP contribution in [0.4, 0.5) is 0 Å². The minimum atomic E-state index is -3.13. The SMILES string of the molecule is CCCCC(C)CCCC.O=[PH](O)O. The third-order valence-corrected chi connectivity index (χ3v) is 2.10. The molecule has 0 aliphatic rings. The van der Waals surface area contributed by atoms with Crippen molar-refractivity contribution in [2.45, 2.75) is 59.3 Å². The molecular formula is C10H25O3P. The van der Waals surface area contributed by atoms with Gasteiger partial charge in [0.2, 0.25) is 0 Å². The Hall–Kier alpha value is 0.150. The molecule has 0 radical (unpaired) electrons. The molecule has 0 atom stereocenters. The zero-order valence-electron chi connectivity index (χ0n) is 9.62. The minimum absolute atomic E-state index is 0.972. The lowest BCUT2D eigenvalue weighted by Crippen LogP contribution is -1.93. The predicted molar refractivity (Wildman–Crippen MR) is 61.7 cm³/mol. The zero-order valence-corrected chi connectivity index (χ0v) is 10.6. The van der Waals surface area contributed by atoms with Gasteiger partial charge in [0.05, 0.1) is 0 Å². The van der Waals surface area contributed by atoms with Crippen molar-refractivity contribution in [2.75, 3.05) is 0 Å². The van der Waals surface area contributed by atoms with Crippen molar-refractivity contribution < 1.29 is 14.4 Å². The maximum absolute atomic E-state index is 8.74. The summed E-state index contributed by atoms with van der Waals surface area (Å²) in [5.41, 5.74) is 0. The molecule has 0 rings (SSSR count). The van der Waals surface area contributed by atoms with Gasteiger partial charge in [-0.25, -0.2) is 0 Å². The molecule has 0 heterocycles. The van der Waals surface area contributed by atoms with Crippen molar-refractivity contribution in [3.63, 3.8) is 0 Å². The van der Waals surface area contributed by atoms with E-state index in [1.165, 1.54) is 38.5 Å². The van der Waals surface area contributed by atoms with E-state index in [0.29, 0.717) is 0 Å². The van der Waals surface area contributed by atoms with Gasteiger partial charge >= 0.3 is 8.25 Å². The second-order valence-corrected chi connectivity index (χ2v) is 4.24. The van der Waals surface area contributed by atoms with E-state index in [0.717, 1.165) is 5.92 Å². The molecule has 0 bridgehead atoms. The van der Waals surface area contributed by atoms with Gasteiger partial charge in [-0.1, -0.05) is 59.3 Å². The Morgan fingerprint density at radius 2 is 1.36 bits per heavy atom. The zero-order chi connectivity index (χ0) is 11.4. The van der Waals surface area contributed by atoms with E-state index in [1.807, 2.05) is 0 Å². The van der Waals surface area contributed by atoms with Crippen molar-refractivity contribution >= 4 is 8.25 Å². The van der Waals surface area contributed by atoms with Gasteiger partial charge in [-0.05, 0) is 5.92 Å². The Labute approximate surface area is 88.5 Å². The molecule has 0 aliphatic heterocycles. The summed E-state index contributed by atoms with van der Waals surface area (Å²) in [4.78, 5) is 14.3. The molecule has 0 saturated heterocycles. The third-order valence-electron chi connectivity index (χ3n) is 2.10. The molecule has 4 heteroatoms. The topological polar surface area (TPSA) is 57.5 Å². The molecule has 0 amide bonds. The normalized spacial score (nSPS) is 10.2. The monoisotopic (exact) mass is 224 g/mol. The first-order valence-electron chi connectivity index (χ1n) is 5.46. The van der Waals surface area contributed by atoms with Gasteiger partial charge in [0.1, 0.15) is 0 Å². The minimum Gasteiger partial charge on any atom is -0.326 e.